The number of benzene rings is 1. The first-order valence-corrected chi connectivity index (χ1v) is 5.44. The van der Waals surface area contributed by atoms with Crippen molar-refractivity contribution in [2.45, 2.75) is 13.5 Å². The molecule has 0 bridgehead atoms. The Morgan fingerprint density at radius 2 is 2.31 bits per heavy atom. The van der Waals surface area contributed by atoms with Gasteiger partial charge in [-0.15, -0.1) is 0 Å². The second-order valence-corrected chi connectivity index (χ2v) is 4.11. The third kappa shape index (κ3) is 2.28. The van der Waals surface area contributed by atoms with Gasteiger partial charge < -0.3 is 10.3 Å². The molecule has 0 radical (unpaired) electrons. The Labute approximate surface area is 99.9 Å². The van der Waals surface area contributed by atoms with Crippen molar-refractivity contribution in [3.63, 3.8) is 0 Å². The number of hydrogen-bond acceptors (Lipinski definition) is 2. The Kier molecular flexibility index (Phi) is 3.01. The third-order valence-electron chi connectivity index (χ3n) is 2.49. The van der Waals surface area contributed by atoms with Crippen molar-refractivity contribution in [1.29, 1.82) is 0 Å². The van der Waals surface area contributed by atoms with Crippen molar-refractivity contribution in [3.8, 4) is 0 Å². The van der Waals surface area contributed by atoms with Gasteiger partial charge in [-0.25, -0.2) is 4.98 Å². The first kappa shape index (κ1) is 10.8. The molecule has 4 heteroatoms. The lowest BCUT2D eigenvalue weighted by Gasteiger charge is -2.06. The Hall–Kier alpha value is -1.68. The van der Waals surface area contributed by atoms with Crippen molar-refractivity contribution >= 4 is 17.2 Å². The minimum absolute atomic E-state index is 0.434. The van der Waals surface area contributed by atoms with Crippen LogP contribution in [0.1, 0.15) is 17.0 Å². The highest BCUT2D eigenvalue weighted by Gasteiger charge is 2.01. The van der Waals surface area contributed by atoms with Crippen LogP contribution < -0.4 is 5.73 Å². The number of thiocarbonyl (C=S) groups is 1. The average Bonchev–Trinajstić information content (AvgIpc) is 2.65. The van der Waals surface area contributed by atoms with Crippen molar-refractivity contribution in [3.05, 3.63) is 53.6 Å². The quantitative estimate of drug-likeness (QED) is 0.820. The molecule has 0 unspecified atom stereocenters. The first-order chi connectivity index (χ1) is 7.66. The van der Waals surface area contributed by atoms with E-state index in [1.807, 2.05) is 31.3 Å². The smallest absolute Gasteiger partial charge is 0.105 e. The fraction of sp³-hybridized carbons (Fsp3) is 0.167. The van der Waals surface area contributed by atoms with Gasteiger partial charge in [-0.05, 0) is 18.6 Å². The van der Waals surface area contributed by atoms with E-state index in [1.165, 1.54) is 5.56 Å². The van der Waals surface area contributed by atoms with E-state index in [-0.39, 0.29) is 0 Å². The molecule has 0 aliphatic rings. The lowest BCUT2D eigenvalue weighted by Crippen LogP contribution is -2.10. The van der Waals surface area contributed by atoms with E-state index in [0.29, 0.717) is 4.99 Å². The Morgan fingerprint density at radius 3 is 2.94 bits per heavy atom. The Bertz CT molecular complexity index is 516. The predicted octanol–water partition coefficient (Wildman–Crippen LogP) is 1.87. The van der Waals surface area contributed by atoms with Gasteiger partial charge in [-0.1, -0.05) is 30.4 Å². The van der Waals surface area contributed by atoms with Crippen LogP contribution in [0, 0.1) is 6.92 Å². The van der Waals surface area contributed by atoms with Crippen LogP contribution in [0.3, 0.4) is 0 Å². The fourth-order valence-electron chi connectivity index (χ4n) is 1.59. The molecule has 0 aliphatic carbocycles. The second-order valence-electron chi connectivity index (χ2n) is 3.67. The summed E-state index contributed by atoms with van der Waals surface area (Å²) in [4.78, 5) is 4.62. The van der Waals surface area contributed by atoms with Gasteiger partial charge in [0.25, 0.3) is 0 Å². The maximum Gasteiger partial charge on any atom is 0.105 e. The predicted molar refractivity (Wildman–Crippen MR) is 68.4 cm³/mol. The maximum absolute atomic E-state index is 5.60. The van der Waals surface area contributed by atoms with E-state index in [4.69, 9.17) is 18.0 Å². The summed E-state index contributed by atoms with van der Waals surface area (Å²) < 4.78 is 2.08. The zero-order valence-electron chi connectivity index (χ0n) is 9.05. The lowest BCUT2D eigenvalue weighted by atomic mass is 10.1. The third-order valence-corrected chi connectivity index (χ3v) is 2.72. The first-order valence-electron chi connectivity index (χ1n) is 5.03. The number of aromatic nitrogens is 2. The number of nitrogens with zero attached hydrogens (tertiary/aromatic N) is 2. The van der Waals surface area contributed by atoms with E-state index in [2.05, 4.69) is 15.6 Å². The van der Waals surface area contributed by atoms with Crippen LogP contribution in [0.2, 0.25) is 0 Å². The van der Waals surface area contributed by atoms with Crippen LogP contribution in [-0.2, 0) is 6.54 Å². The Morgan fingerprint density at radius 1 is 1.50 bits per heavy atom. The molecule has 1 heterocycles. The Balaban J connectivity index is 2.25. The average molecular weight is 231 g/mol. The highest BCUT2D eigenvalue weighted by atomic mass is 32.1. The molecule has 1 aromatic carbocycles. The molecule has 2 N–H and O–H groups in total. The number of hydrogen-bond donors (Lipinski definition) is 1. The van der Waals surface area contributed by atoms with Crippen LogP contribution in [0.15, 0.2) is 36.7 Å². The van der Waals surface area contributed by atoms with Gasteiger partial charge in [-0.3, -0.25) is 0 Å². The van der Waals surface area contributed by atoms with E-state index in [0.717, 1.165) is 17.9 Å². The standard InChI is InChI=1S/C12H13N3S/c1-9-14-5-6-15(9)8-10-3-2-4-11(7-10)12(13)16/h2-7H,8H2,1H3,(H2,13,16). The van der Waals surface area contributed by atoms with Gasteiger partial charge >= 0.3 is 0 Å². The highest BCUT2D eigenvalue weighted by molar-refractivity contribution is 7.80. The molecular formula is C12H13N3S. The zero-order chi connectivity index (χ0) is 11.5. The maximum atomic E-state index is 5.60. The SMILES string of the molecule is Cc1nccn1Cc1cccc(C(N)=S)c1. The van der Waals surface area contributed by atoms with Crippen LogP contribution >= 0.6 is 12.2 Å². The molecule has 0 atom stereocenters. The van der Waals surface area contributed by atoms with Gasteiger partial charge in [0.05, 0.1) is 0 Å². The van der Waals surface area contributed by atoms with Crippen molar-refractivity contribution in [1.82, 2.24) is 9.55 Å². The van der Waals surface area contributed by atoms with E-state index < -0.39 is 0 Å². The zero-order valence-corrected chi connectivity index (χ0v) is 9.87. The summed E-state index contributed by atoms with van der Waals surface area (Å²) in [5, 5.41) is 0. The van der Waals surface area contributed by atoms with Crippen molar-refractivity contribution < 1.29 is 0 Å². The van der Waals surface area contributed by atoms with Crippen molar-refractivity contribution in [2.24, 2.45) is 5.73 Å². The van der Waals surface area contributed by atoms with E-state index >= 15 is 0 Å². The highest BCUT2D eigenvalue weighted by Crippen LogP contribution is 2.08. The van der Waals surface area contributed by atoms with Crippen molar-refractivity contribution in [2.75, 3.05) is 0 Å². The largest absolute Gasteiger partial charge is 0.389 e. The number of nitrogens with two attached hydrogens (primary N) is 1. The van der Waals surface area contributed by atoms with Crippen LogP contribution in [0.25, 0.3) is 0 Å². The second kappa shape index (κ2) is 4.45. The van der Waals surface area contributed by atoms with Crippen LogP contribution in [-0.4, -0.2) is 14.5 Å². The molecule has 0 saturated heterocycles. The summed E-state index contributed by atoms with van der Waals surface area (Å²) in [5.74, 6) is 1.00. The molecule has 16 heavy (non-hydrogen) atoms. The molecule has 3 nitrogen and oxygen atoms in total. The summed E-state index contributed by atoms with van der Waals surface area (Å²) in [6.45, 7) is 2.78. The van der Waals surface area contributed by atoms with Crippen LogP contribution in [0.5, 0.6) is 0 Å². The number of aryl methyl sites for hydroxylation is 1. The van der Waals surface area contributed by atoms with E-state index in [9.17, 15) is 0 Å². The molecule has 0 fully saturated rings. The van der Waals surface area contributed by atoms with Crippen LogP contribution in [0.4, 0.5) is 0 Å². The summed E-state index contributed by atoms with van der Waals surface area (Å²) in [6, 6.07) is 7.96. The van der Waals surface area contributed by atoms with Gasteiger partial charge in [0, 0.05) is 24.5 Å². The molecule has 2 aromatic rings. The minimum Gasteiger partial charge on any atom is -0.389 e. The molecule has 0 saturated carbocycles. The summed E-state index contributed by atoms with van der Waals surface area (Å²) >= 11 is 4.95. The molecule has 0 amide bonds. The minimum atomic E-state index is 0.434. The molecular weight excluding hydrogens is 218 g/mol. The molecule has 1 aromatic heterocycles. The van der Waals surface area contributed by atoms with E-state index in [1.54, 1.807) is 6.20 Å². The van der Waals surface area contributed by atoms with Gasteiger partial charge in [0.2, 0.25) is 0 Å². The normalized spacial score (nSPS) is 10.3. The lowest BCUT2D eigenvalue weighted by molar-refractivity contribution is 0.761. The molecule has 0 spiro atoms. The topological polar surface area (TPSA) is 43.8 Å². The monoisotopic (exact) mass is 231 g/mol. The number of rotatable bonds is 3. The van der Waals surface area contributed by atoms with Gasteiger partial charge in [0.15, 0.2) is 0 Å². The molecule has 82 valence electrons. The van der Waals surface area contributed by atoms with Gasteiger partial charge in [-0.2, -0.15) is 0 Å². The fourth-order valence-corrected chi connectivity index (χ4v) is 1.72. The summed E-state index contributed by atoms with van der Waals surface area (Å²) in [5.41, 5.74) is 7.68. The summed E-state index contributed by atoms with van der Waals surface area (Å²) in [7, 11) is 0. The molecule has 2 rings (SSSR count). The summed E-state index contributed by atoms with van der Waals surface area (Å²) in [6.07, 6.45) is 3.76. The number of imidazole rings is 1. The van der Waals surface area contributed by atoms with Gasteiger partial charge in [0.1, 0.15) is 10.8 Å². The molecule has 0 aliphatic heterocycles.